The van der Waals surface area contributed by atoms with Crippen LogP contribution in [0.4, 0.5) is 0 Å². The minimum absolute atomic E-state index is 0.422. The quantitative estimate of drug-likeness (QED) is 0.693. The number of likely N-dealkylation sites (N-methyl/N-ethyl adjacent to an activating group) is 1. The molecule has 1 aromatic rings. The van der Waals surface area contributed by atoms with E-state index in [2.05, 4.69) is 35.5 Å². The van der Waals surface area contributed by atoms with Crippen LogP contribution in [0.25, 0.3) is 0 Å². The van der Waals surface area contributed by atoms with E-state index in [0.29, 0.717) is 11.9 Å². The zero-order chi connectivity index (χ0) is 9.84. The van der Waals surface area contributed by atoms with Gasteiger partial charge in [-0.1, -0.05) is 0 Å². The Bertz CT molecular complexity index is 257. The maximum atomic E-state index is 5.78. The molecule has 0 aliphatic rings. The van der Waals surface area contributed by atoms with Crippen molar-refractivity contribution in [1.29, 1.82) is 0 Å². The van der Waals surface area contributed by atoms with E-state index in [1.807, 2.05) is 12.5 Å². The Hall–Kier alpha value is -0.540. The topological polar surface area (TPSA) is 21.1 Å². The lowest BCUT2D eigenvalue weighted by Crippen LogP contribution is -2.22. The number of aromatic nitrogens is 2. The third kappa shape index (κ3) is 2.71. The average molecular weight is 202 g/mol. The minimum Gasteiger partial charge on any atom is -0.329 e. The number of hydrogen-bond acceptors (Lipinski definition) is 2. The van der Waals surface area contributed by atoms with Crippen LogP contribution in [-0.4, -0.2) is 35.1 Å². The second-order valence-corrected chi connectivity index (χ2v) is 3.80. The van der Waals surface area contributed by atoms with Crippen molar-refractivity contribution in [1.82, 2.24) is 14.5 Å². The van der Waals surface area contributed by atoms with Gasteiger partial charge < -0.3 is 9.47 Å². The minimum atomic E-state index is 0.422. The van der Waals surface area contributed by atoms with Crippen LogP contribution in [0.15, 0.2) is 12.5 Å². The van der Waals surface area contributed by atoms with Gasteiger partial charge in [0.1, 0.15) is 0 Å². The average Bonchev–Trinajstić information content (AvgIpc) is 2.49. The van der Waals surface area contributed by atoms with Gasteiger partial charge in [-0.25, -0.2) is 4.98 Å². The summed E-state index contributed by atoms with van der Waals surface area (Å²) in [7, 11) is 4.13. The molecule has 0 bridgehead atoms. The molecule has 0 N–H and O–H groups in total. The van der Waals surface area contributed by atoms with Crippen LogP contribution in [0.2, 0.25) is 0 Å². The van der Waals surface area contributed by atoms with Gasteiger partial charge in [0.25, 0.3) is 0 Å². The second kappa shape index (κ2) is 4.63. The molecule has 1 aromatic heterocycles. The molecule has 0 aliphatic heterocycles. The smallest absolute Gasteiger partial charge is 0.0951 e. The zero-order valence-corrected chi connectivity index (χ0v) is 9.12. The first kappa shape index (κ1) is 10.5. The van der Waals surface area contributed by atoms with Crippen LogP contribution in [0, 0.1) is 0 Å². The Kier molecular flexibility index (Phi) is 3.75. The predicted molar refractivity (Wildman–Crippen MR) is 55.0 cm³/mol. The van der Waals surface area contributed by atoms with Gasteiger partial charge in [0.15, 0.2) is 0 Å². The van der Waals surface area contributed by atoms with Gasteiger partial charge in [-0.3, -0.25) is 0 Å². The Balaban J connectivity index is 2.69. The highest BCUT2D eigenvalue weighted by molar-refractivity contribution is 6.16. The Morgan fingerprint density at radius 1 is 1.62 bits per heavy atom. The molecule has 4 heteroatoms. The molecule has 0 aromatic carbocycles. The number of alkyl halides is 1. The molecule has 0 saturated carbocycles. The summed E-state index contributed by atoms with van der Waals surface area (Å²) in [6.07, 6.45) is 3.66. The third-order valence-electron chi connectivity index (χ3n) is 1.99. The molecule has 0 fully saturated rings. The molecule has 0 spiro atoms. The van der Waals surface area contributed by atoms with Gasteiger partial charge in [0, 0.05) is 18.8 Å². The largest absolute Gasteiger partial charge is 0.329 e. The summed E-state index contributed by atoms with van der Waals surface area (Å²) in [5.41, 5.74) is 1.08. The molecule has 1 unspecified atom stereocenters. The third-order valence-corrected chi connectivity index (χ3v) is 2.26. The fourth-order valence-corrected chi connectivity index (χ4v) is 1.66. The molecule has 1 atom stereocenters. The standard InChI is InChI=1S/C9H16ClN3/c1-8(6-12(2)3)13-7-11-5-9(13)4-10/h5,7-8H,4,6H2,1-3H3. The highest BCUT2D eigenvalue weighted by Crippen LogP contribution is 2.12. The first-order valence-electron chi connectivity index (χ1n) is 4.36. The Morgan fingerprint density at radius 3 is 2.85 bits per heavy atom. The van der Waals surface area contributed by atoms with E-state index < -0.39 is 0 Å². The van der Waals surface area contributed by atoms with Crippen molar-refractivity contribution in [2.24, 2.45) is 0 Å². The lowest BCUT2D eigenvalue weighted by atomic mass is 10.3. The molecule has 13 heavy (non-hydrogen) atoms. The van der Waals surface area contributed by atoms with E-state index in [1.165, 1.54) is 0 Å². The fourth-order valence-electron chi connectivity index (χ4n) is 1.45. The van der Waals surface area contributed by atoms with E-state index in [1.54, 1.807) is 0 Å². The lowest BCUT2D eigenvalue weighted by molar-refractivity contribution is 0.334. The van der Waals surface area contributed by atoms with Crippen LogP contribution in [-0.2, 0) is 5.88 Å². The Morgan fingerprint density at radius 2 is 2.31 bits per heavy atom. The molecule has 0 radical (unpaired) electrons. The van der Waals surface area contributed by atoms with Gasteiger partial charge >= 0.3 is 0 Å². The summed E-state index contributed by atoms with van der Waals surface area (Å²) in [5, 5.41) is 0. The van der Waals surface area contributed by atoms with Crippen LogP contribution in [0.1, 0.15) is 18.7 Å². The van der Waals surface area contributed by atoms with Crippen LogP contribution in [0.3, 0.4) is 0 Å². The predicted octanol–water partition coefficient (Wildman–Crippen LogP) is 1.74. The SMILES string of the molecule is CC(CN(C)C)n1cncc1CCl. The fraction of sp³-hybridized carbons (Fsp3) is 0.667. The zero-order valence-electron chi connectivity index (χ0n) is 8.37. The molecule has 74 valence electrons. The van der Waals surface area contributed by atoms with Crippen molar-refractivity contribution < 1.29 is 0 Å². The van der Waals surface area contributed by atoms with E-state index in [0.717, 1.165) is 12.2 Å². The second-order valence-electron chi connectivity index (χ2n) is 3.54. The van der Waals surface area contributed by atoms with Crippen molar-refractivity contribution in [2.75, 3.05) is 20.6 Å². The number of nitrogens with zero attached hydrogens (tertiary/aromatic N) is 3. The molecule has 0 amide bonds. The van der Waals surface area contributed by atoms with Crippen molar-refractivity contribution in [3.63, 3.8) is 0 Å². The van der Waals surface area contributed by atoms with Gasteiger partial charge in [0.05, 0.1) is 17.9 Å². The maximum absolute atomic E-state index is 5.78. The monoisotopic (exact) mass is 201 g/mol. The summed E-state index contributed by atoms with van der Waals surface area (Å²) in [4.78, 5) is 6.24. The lowest BCUT2D eigenvalue weighted by Gasteiger charge is -2.19. The number of rotatable bonds is 4. The highest BCUT2D eigenvalue weighted by Gasteiger charge is 2.08. The first-order valence-corrected chi connectivity index (χ1v) is 4.90. The van der Waals surface area contributed by atoms with Crippen LogP contribution in [0.5, 0.6) is 0 Å². The molecule has 0 aliphatic carbocycles. The maximum Gasteiger partial charge on any atom is 0.0951 e. The summed E-state index contributed by atoms with van der Waals surface area (Å²) in [6.45, 7) is 3.16. The first-order chi connectivity index (χ1) is 6.15. The highest BCUT2D eigenvalue weighted by atomic mass is 35.5. The molecular formula is C9H16ClN3. The molecule has 0 saturated heterocycles. The molecule has 3 nitrogen and oxygen atoms in total. The molecular weight excluding hydrogens is 186 g/mol. The van der Waals surface area contributed by atoms with E-state index in [4.69, 9.17) is 11.6 Å². The normalized spacial score (nSPS) is 13.6. The van der Waals surface area contributed by atoms with Crippen molar-refractivity contribution >= 4 is 11.6 Å². The summed E-state index contributed by atoms with van der Waals surface area (Å²) >= 11 is 5.78. The molecule has 1 heterocycles. The van der Waals surface area contributed by atoms with E-state index in [9.17, 15) is 0 Å². The number of hydrogen-bond donors (Lipinski definition) is 0. The van der Waals surface area contributed by atoms with Crippen molar-refractivity contribution in [3.8, 4) is 0 Å². The van der Waals surface area contributed by atoms with Gasteiger partial charge in [-0.15, -0.1) is 11.6 Å². The summed E-state index contributed by atoms with van der Waals surface area (Å²) in [5.74, 6) is 0.526. The van der Waals surface area contributed by atoms with Gasteiger partial charge in [-0.05, 0) is 21.0 Å². The van der Waals surface area contributed by atoms with E-state index in [-0.39, 0.29) is 0 Å². The summed E-state index contributed by atoms with van der Waals surface area (Å²) < 4.78 is 2.12. The van der Waals surface area contributed by atoms with E-state index >= 15 is 0 Å². The number of halogens is 1. The van der Waals surface area contributed by atoms with Gasteiger partial charge in [-0.2, -0.15) is 0 Å². The van der Waals surface area contributed by atoms with Gasteiger partial charge in [0.2, 0.25) is 0 Å². The Labute approximate surface area is 84.3 Å². The van der Waals surface area contributed by atoms with Crippen LogP contribution >= 0.6 is 11.6 Å². The number of imidazole rings is 1. The summed E-state index contributed by atoms with van der Waals surface area (Å²) in [6, 6.07) is 0.422. The van der Waals surface area contributed by atoms with Crippen molar-refractivity contribution in [2.45, 2.75) is 18.8 Å². The van der Waals surface area contributed by atoms with Crippen molar-refractivity contribution in [3.05, 3.63) is 18.2 Å². The van der Waals surface area contributed by atoms with Crippen LogP contribution < -0.4 is 0 Å². The molecule has 1 rings (SSSR count).